The smallest absolute Gasteiger partial charge is 0.308 e. The highest BCUT2D eigenvalue weighted by Gasteiger charge is 2.34. The fraction of sp³-hybridized carbons (Fsp3) is 0.423. The molecule has 1 aliphatic heterocycles. The molecule has 0 radical (unpaired) electrons. The lowest BCUT2D eigenvalue weighted by molar-refractivity contribution is -0.146. The predicted octanol–water partition coefficient (Wildman–Crippen LogP) is 3.16. The summed E-state index contributed by atoms with van der Waals surface area (Å²) in [7, 11) is 1.61. The Morgan fingerprint density at radius 3 is 2.97 bits per heavy atom. The summed E-state index contributed by atoms with van der Waals surface area (Å²) in [6.07, 6.45) is 4.65. The number of aliphatic hydroxyl groups excluding tert-OH is 1. The van der Waals surface area contributed by atoms with Crippen LogP contribution in [0.15, 0.2) is 36.7 Å². The molecule has 34 heavy (non-hydrogen) atoms. The van der Waals surface area contributed by atoms with E-state index in [1.807, 2.05) is 31.2 Å². The number of aliphatic carboxylic acids is 1. The molecule has 1 aliphatic rings. The van der Waals surface area contributed by atoms with Gasteiger partial charge in [-0.2, -0.15) is 5.10 Å². The van der Waals surface area contributed by atoms with Crippen LogP contribution in [0.4, 0.5) is 0 Å². The van der Waals surface area contributed by atoms with Crippen LogP contribution in [0.2, 0.25) is 0 Å². The molecule has 2 aromatic heterocycles. The number of H-pyrrole nitrogens is 1. The van der Waals surface area contributed by atoms with Crippen molar-refractivity contribution in [3.63, 3.8) is 0 Å². The average molecular weight is 463 g/mol. The van der Waals surface area contributed by atoms with Crippen molar-refractivity contribution < 1.29 is 19.7 Å². The SMILES string of the molecule is COc1ccc2nccc([C@H](O)CC[C@@H]3CCN(CC#Cc4c[nH]nc4C)C[C@@H]3C(=O)O)c2c1. The Kier molecular flexibility index (Phi) is 7.46. The Morgan fingerprint density at radius 1 is 1.38 bits per heavy atom. The van der Waals surface area contributed by atoms with Crippen molar-refractivity contribution in [2.24, 2.45) is 11.8 Å². The predicted molar refractivity (Wildman–Crippen MR) is 128 cm³/mol. The number of carboxylic acids is 1. The van der Waals surface area contributed by atoms with Crippen LogP contribution in [0, 0.1) is 30.6 Å². The summed E-state index contributed by atoms with van der Waals surface area (Å²) in [5.74, 6) is 5.68. The van der Waals surface area contributed by atoms with E-state index in [9.17, 15) is 15.0 Å². The third-order valence-corrected chi connectivity index (χ3v) is 6.67. The average Bonchev–Trinajstić information content (AvgIpc) is 3.26. The first-order valence-corrected chi connectivity index (χ1v) is 11.5. The number of benzene rings is 1. The molecule has 3 heterocycles. The van der Waals surface area contributed by atoms with Gasteiger partial charge in [-0.25, -0.2) is 0 Å². The Bertz CT molecular complexity index is 1210. The molecule has 178 valence electrons. The summed E-state index contributed by atoms with van der Waals surface area (Å²) in [6, 6.07) is 7.42. The topological polar surface area (TPSA) is 112 Å². The van der Waals surface area contributed by atoms with Crippen molar-refractivity contribution in [1.82, 2.24) is 20.1 Å². The zero-order valence-corrected chi connectivity index (χ0v) is 19.5. The molecule has 0 bridgehead atoms. The molecule has 1 aromatic carbocycles. The zero-order chi connectivity index (χ0) is 24.1. The minimum Gasteiger partial charge on any atom is -0.497 e. The molecule has 0 saturated carbocycles. The number of nitrogens with one attached hydrogen (secondary N) is 1. The zero-order valence-electron chi connectivity index (χ0n) is 19.5. The van der Waals surface area contributed by atoms with E-state index in [0.717, 1.165) is 40.7 Å². The number of aryl methyl sites for hydroxylation is 1. The number of aromatic nitrogens is 3. The molecular formula is C26H30N4O4. The van der Waals surface area contributed by atoms with Gasteiger partial charge in [0.15, 0.2) is 0 Å². The summed E-state index contributed by atoms with van der Waals surface area (Å²) < 4.78 is 5.32. The number of piperidine rings is 1. The number of ether oxygens (including phenoxy) is 1. The monoisotopic (exact) mass is 462 g/mol. The largest absolute Gasteiger partial charge is 0.497 e. The van der Waals surface area contributed by atoms with Crippen LogP contribution in [0.1, 0.15) is 42.2 Å². The first-order valence-electron chi connectivity index (χ1n) is 11.5. The van der Waals surface area contributed by atoms with Crippen LogP contribution in [-0.2, 0) is 4.79 Å². The van der Waals surface area contributed by atoms with Crippen LogP contribution in [-0.4, -0.2) is 63.0 Å². The van der Waals surface area contributed by atoms with Crippen LogP contribution in [0.5, 0.6) is 5.75 Å². The highest BCUT2D eigenvalue weighted by atomic mass is 16.5. The minimum atomic E-state index is -0.790. The molecule has 8 heteroatoms. The molecule has 3 atom stereocenters. The van der Waals surface area contributed by atoms with E-state index in [1.54, 1.807) is 19.5 Å². The van der Waals surface area contributed by atoms with Gasteiger partial charge < -0.3 is 14.9 Å². The van der Waals surface area contributed by atoms with E-state index in [4.69, 9.17) is 4.74 Å². The summed E-state index contributed by atoms with van der Waals surface area (Å²) in [4.78, 5) is 18.5. The van der Waals surface area contributed by atoms with Crippen molar-refractivity contribution in [3.8, 4) is 17.6 Å². The second-order valence-electron chi connectivity index (χ2n) is 8.79. The number of hydrogen-bond donors (Lipinski definition) is 3. The standard InChI is InChI=1S/C26H30N4O4/c1-17-19(15-28-29-17)4-3-12-30-13-10-18(23(16-30)26(32)33)5-8-25(31)21-9-11-27-24-7-6-20(34-2)14-22(21)24/h6-7,9,11,14-15,18,23,25,31H,5,8,10,12-13,16H2,1-2H3,(H,28,29)(H,32,33)/t18-,23+,25-/m1/s1. The lowest BCUT2D eigenvalue weighted by Crippen LogP contribution is -2.44. The molecule has 3 aromatic rings. The van der Waals surface area contributed by atoms with Gasteiger partial charge in [0, 0.05) is 24.3 Å². The highest BCUT2D eigenvalue weighted by molar-refractivity contribution is 5.83. The summed E-state index contributed by atoms with van der Waals surface area (Å²) in [5, 5.41) is 28.5. The van der Waals surface area contributed by atoms with E-state index in [2.05, 4.69) is 31.9 Å². The number of rotatable bonds is 7. The molecule has 0 spiro atoms. The molecule has 0 unspecified atom stereocenters. The molecule has 1 saturated heterocycles. The fourth-order valence-corrected chi connectivity index (χ4v) is 4.66. The van der Waals surface area contributed by atoms with E-state index >= 15 is 0 Å². The van der Waals surface area contributed by atoms with Crippen LogP contribution in [0.3, 0.4) is 0 Å². The van der Waals surface area contributed by atoms with Crippen LogP contribution in [0.25, 0.3) is 10.9 Å². The lowest BCUT2D eigenvalue weighted by Gasteiger charge is -2.36. The maximum Gasteiger partial charge on any atom is 0.308 e. The van der Waals surface area contributed by atoms with Gasteiger partial charge in [-0.3, -0.25) is 19.8 Å². The normalized spacial score (nSPS) is 19.4. The van der Waals surface area contributed by atoms with Gasteiger partial charge in [0.25, 0.3) is 0 Å². The maximum absolute atomic E-state index is 12.0. The number of aliphatic hydroxyl groups is 1. The van der Waals surface area contributed by atoms with Crippen LogP contribution < -0.4 is 4.74 Å². The fourth-order valence-electron chi connectivity index (χ4n) is 4.66. The Hall–Kier alpha value is -3.41. The summed E-state index contributed by atoms with van der Waals surface area (Å²) in [5.41, 5.74) is 3.30. The second kappa shape index (κ2) is 10.7. The molecular weight excluding hydrogens is 432 g/mol. The summed E-state index contributed by atoms with van der Waals surface area (Å²) >= 11 is 0. The third kappa shape index (κ3) is 5.38. The van der Waals surface area contributed by atoms with Gasteiger partial charge in [0.2, 0.25) is 0 Å². The number of fused-ring (bicyclic) bond motifs is 1. The van der Waals surface area contributed by atoms with Gasteiger partial charge in [0.05, 0.1) is 42.5 Å². The van der Waals surface area contributed by atoms with Crippen molar-refractivity contribution in [3.05, 3.63) is 53.5 Å². The second-order valence-corrected chi connectivity index (χ2v) is 8.79. The van der Waals surface area contributed by atoms with Crippen molar-refractivity contribution in [2.75, 3.05) is 26.7 Å². The van der Waals surface area contributed by atoms with Gasteiger partial charge in [-0.15, -0.1) is 0 Å². The highest BCUT2D eigenvalue weighted by Crippen LogP contribution is 2.33. The molecule has 4 rings (SSSR count). The van der Waals surface area contributed by atoms with Crippen molar-refractivity contribution in [1.29, 1.82) is 0 Å². The summed E-state index contributed by atoms with van der Waals surface area (Å²) in [6.45, 7) is 3.67. The van der Waals surface area contributed by atoms with Crippen LogP contribution >= 0.6 is 0 Å². The number of aromatic amines is 1. The number of carboxylic acid groups (broad SMARTS) is 1. The molecule has 3 N–H and O–H groups in total. The molecule has 8 nitrogen and oxygen atoms in total. The van der Waals surface area contributed by atoms with Gasteiger partial charge in [-0.1, -0.05) is 11.8 Å². The Balaban J connectivity index is 1.38. The number of methoxy groups -OCH3 is 1. The van der Waals surface area contributed by atoms with E-state index in [0.29, 0.717) is 31.7 Å². The van der Waals surface area contributed by atoms with Crippen molar-refractivity contribution >= 4 is 16.9 Å². The third-order valence-electron chi connectivity index (χ3n) is 6.67. The number of pyridine rings is 1. The molecule has 1 fully saturated rings. The minimum absolute atomic E-state index is 0.00937. The van der Waals surface area contributed by atoms with Gasteiger partial charge >= 0.3 is 5.97 Å². The first kappa shape index (κ1) is 23.7. The quantitative estimate of drug-likeness (QED) is 0.463. The van der Waals surface area contributed by atoms with E-state index in [-0.39, 0.29) is 5.92 Å². The first-order chi connectivity index (χ1) is 16.5. The van der Waals surface area contributed by atoms with Crippen molar-refractivity contribution in [2.45, 2.75) is 32.3 Å². The van der Waals surface area contributed by atoms with E-state index < -0.39 is 18.0 Å². The number of nitrogens with zero attached hydrogens (tertiary/aromatic N) is 3. The van der Waals surface area contributed by atoms with Gasteiger partial charge in [0.1, 0.15) is 5.75 Å². The number of carbonyl (C=O) groups is 1. The molecule has 0 aliphatic carbocycles. The van der Waals surface area contributed by atoms with Gasteiger partial charge in [-0.05, 0) is 68.5 Å². The maximum atomic E-state index is 12.0. The van der Waals surface area contributed by atoms with E-state index in [1.165, 1.54) is 0 Å². The lowest BCUT2D eigenvalue weighted by atomic mass is 9.81. The number of likely N-dealkylation sites (tertiary alicyclic amines) is 1. The number of hydrogen-bond acceptors (Lipinski definition) is 6. The Labute approximate surface area is 199 Å². The Morgan fingerprint density at radius 2 is 2.24 bits per heavy atom. The molecule has 0 amide bonds.